The molecule has 0 aliphatic heterocycles. The zero-order chi connectivity index (χ0) is 16.2. The quantitative estimate of drug-likeness (QED) is 0.474. The zero-order valence-electron chi connectivity index (χ0n) is 14.1. The molecule has 0 unspecified atom stereocenters. The molecule has 116 valence electrons. The molecule has 0 saturated heterocycles. The highest BCUT2D eigenvalue weighted by molar-refractivity contribution is 6.79. The van der Waals surface area contributed by atoms with Gasteiger partial charge in [-0.2, -0.15) is 0 Å². The third kappa shape index (κ3) is 7.11. The first-order chi connectivity index (χ1) is 8.80. The lowest BCUT2D eigenvalue weighted by atomic mass is 11.3. The average Bonchev–Trinajstić information content (AvgIpc) is 2.26. The summed E-state index contributed by atoms with van der Waals surface area (Å²) in [7, 11) is -5.42. The lowest BCUT2D eigenvalue weighted by molar-refractivity contribution is -0.199. The maximum atomic E-state index is 6.26. The topological polar surface area (TPSA) is 27.7 Å². The molecule has 0 rings (SSSR count). The molecule has 0 saturated carbocycles. The van der Waals surface area contributed by atoms with Gasteiger partial charge in [-0.3, -0.25) is 0 Å². The summed E-state index contributed by atoms with van der Waals surface area (Å²) in [5.74, 6) is 0. The maximum absolute atomic E-state index is 6.26. The van der Waals surface area contributed by atoms with Crippen molar-refractivity contribution in [3.8, 4) is 0 Å². The predicted molar refractivity (Wildman–Crippen MR) is 99.0 cm³/mol. The van der Waals surface area contributed by atoms with Crippen LogP contribution in [-0.2, 0) is 13.3 Å². The first-order valence-corrected chi connectivity index (χ1v) is 16.8. The second kappa shape index (κ2) is 6.82. The normalized spacial score (nSPS) is 14.1. The Balaban J connectivity index is 5.38. The van der Waals surface area contributed by atoms with Crippen LogP contribution in [-0.4, -0.2) is 40.8 Å². The van der Waals surface area contributed by atoms with Crippen LogP contribution < -0.4 is 0 Å². The van der Waals surface area contributed by atoms with E-state index in [1.54, 1.807) is 0 Å². The second-order valence-corrected chi connectivity index (χ2v) is 19.3. The van der Waals surface area contributed by atoms with Crippen LogP contribution in [0, 0.1) is 0 Å². The van der Waals surface area contributed by atoms with Gasteiger partial charge >= 0.3 is 0 Å². The standard InChI is InChI=1S/C13H30O3Si4/c1-10-18(4,5)14-13(17,15-19(6,7)11-2)16-20(8,9)12-3/h10-12H,1-3H2,4-9,17H3. The van der Waals surface area contributed by atoms with E-state index in [2.05, 4.69) is 59.0 Å². The molecular weight excluding hydrogens is 316 g/mol. The monoisotopic (exact) mass is 346 g/mol. The van der Waals surface area contributed by atoms with Gasteiger partial charge in [0.1, 0.15) is 10.2 Å². The minimum Gasteiger partial charge on any atom is -0.371 e. The lowest BCUT2D eigenvalue weighted by Crippen LogP contribution is -2.57. The summed E-state index contributed by atoms with van der Waals surface area (Å²) in [5.41, 5.74) is 4.77. The number of hydrogen-bond acceptors (Lipinski definition) is 3. The summed E-state index contributed by atoms with van der Waals surface area (Å²) in [4.78, 5) is 0. The Hall–Kier alpha value is -0.0325. The third-order valence-corrected chi connectivity index (χ3v) is 10.3. The highest BCUT2D eigenvalue weighted by Crippen LogP contribution is 2.27. The van der Waals surface area contributed by atoms with Gasteiger partial charge in [0.25, 0.3) is 0 Å². The van der Waals surface area contributed by atoms with Crippen molar-refractivity contribution in [1.82, 2.24) is 0 Å². The van der Waals surface area contributed by atoms with E-state index in [4.69, 9.17) is 13.3 Å². The van der Waals surface area contributed by atoms with Crippen molar-refractivity contribution in [1.29, 1.82) is 0 Å². The molecule has 0 aliphatic carbocycles. The number of hydrogen-bond donors (Lipinski definition) is 0. The van der Waals surface area contributed by atoms with Crippen LogP contribution in [0.25, 0.3) is 0 Å². The van der Waals surface area contributed by atoms with E-state index in [-0.39, 0.29) is 0 Å². The van der Waals surface area contributed by atoms with Gasteiger partial charge in [-0.25, -0.2) is 0 Å². The van der Waals surface area contributed by atoms with Crippen molar-refractivity contribution < 1.29 is 13.3 Å². The summed E-state index contributed by atoms with van der Waals surface area (Å²) in [6.45, 7) is 24.1. The zero-order valence-corrected chi connectivity index (χ0v) is 19.1. The highest BCUT2D eigenvalue weighted by atomic mass is 28.4. The molecule has 0 aromatic heterocycles. The second-order valence-electron chi connectivity index (χ2n) is 6.59. The van der Waals surface area contributed by atoms with E-state index in [9.17, 15) is 0 Å². The number of rotatable bonds is 9. The van der Waals surface area contributed by atoms with Crippen LogP contribution in [0.1, 0.15) is 0 Å². The predicted octanol–water partition coefficient (Wildman–Crippen LogP) is 2.80. The fraction of sp³-hybridized carbons (Fsp3) is 0.538. The third-order valence-electron chi connectivity index (χ3n) is 2.82. The average molecular weight is 347 g/mol. The smallest absolute Gasteiger partial charge is 0.218 e. The summed E-state index contributed by atoms with van der Waals surface area (Å²) in [5, 5.41) is 0. The van der Waals surface area contributed by atoms with E-state index >= 15 is 0 Å². The van der Waals surface area contributed by atoms with Crippen molar-refractivity contribution in [3.63, 3.8) is 0 Å². The molecular formula is C13H30O3Si4. The molecule has 0 N–H and O–H groups in total. The molecule has 3 nitrogen and oxygen atoms in total. The molecule has 0 heterocycles. The molecule has 0 spiro atoms. The van der Waals surface area contributed by atoms with Crippen molar-refractivity contribution in [2.45, 2.75) is 44.9 Å². The fourth-order valence-corrected chi connectivity index (χ4v) is 9.97. The largest absolute Gasteiger partial charge is 0.371 e. The SMILES string of the molecule is C=C[Si](C)(C)OC([SiH3])(O[Si](C)(C)C=C)O[Si](C)(C)C=C. The van der Waals surface area contributed by atoms with E-state index in [1.807, 2.05) is 17.1 Å². The van der Waals surface area contributed by atoms with Gasteiger partial charge in [0.2, 0.25) is 30.5 Å². The molecule has 0 aliphatic rings. The van der Waals surface area contributed by atoms with Crippen LogP contribution in [0.4, 0.5) is 0 Å². The van der Waals surface area contributed by atoms with Gasteiger partial charge in [0.15, 0.2) is 0 Å². The highest BCUT2D eigenvalue weighted by Gasteiger charge is 2.42. The van der Waals surface area contributed by atoms with Gasteiger partial charge in [-0.05, 0) is 39.3 Å². The molecule has 0 aromatic rings. The first-order valence-electron chi connectivity index (χ1n) is 6.82. The minimum absolute atomic E-state index is 0.619. The Labute approximate surface area is 130 Å². The lowest BCUT2D eigenvalue weighted by Gasteiger charge is -2.43. The summed E-state index contributed by atoms with van der Waals surface area (Å²) in [6, 6.07) is 0. The maximum Gasteiger partial charge on any atom is 0.218 e. The van der Waals surface area contributed by atoms with Crippen molar-refractivity contribution in [3.05, 3.63) is 36.8 Å². The van der Waals surface area contributed by atoms with Crippen LogP contribution in [0.2, 0.25) is 39.3 Å². The summed E-state index contributed by atoms with van der Waals surface area (Å²) >= 11 is 0. The van der Waals surface area contributed by atoms with Gasteiger partial charge < -0.3 is 13.3 Å². The van der Waals surface area contributed by atoms with Crippen LogP contribution in [0.3, 0.4) is 0 Å². The summed E-state index contributed by atoms with van der Waals surface area (Å²) in [6.07, 6.45) is 0. The van der Waals surface area contributed by atoms with Crippen LogP contribution >= 0.6 is 0 Å². The Bertz CT molecular complexity index is 323. The molecule has 0 atom stereocenters. The van der Waals surface area contributed by atoms with E-state index in [0.717, 1.165) is 0 Å². The Morgan fingerprint density at radius 1 is 0.700 bits per heavy atom. The molecule has 7 heteroatoms. The van der Waals surface area contributed by atoms with E-state index in [0.29, 0.717) is 10.2 Å². The van der Waals surface area contributed by atoms with Gasteiger partial charge in [-0.15, -0.1) is 19.7 Å². The van der Waals surface area contributed by atoms with Gasteiger partial charge in [0.05, 0.1) is 0 Å². The van der Waals surface area contributed by atoms with Gasteiger partial charge in [0, 0.05) is 0 Å². The Kier molecular flexibility index (Phi) is 6.81. The van der Waals surface area contributed by atoms with Gasteiger partial charge in [-0.1, -0.05) is 17.1 Å². The van der Waals surface area contributed by atoms with E-state index in [1.165, 1.54) is 0 Å². The van der Waals surface area contributed by atoms with E-state index < -0.39 is 30.5 Å². The molecule has 0 amide bonds. The molecule has 0 bridgehead atoms. The van der Waals surface area contributed by atoms with Crippen LogP contribution in [0.5, 0.6) is 0 Å². The fourth-order valence-electron chi connectivity index (χ4n) is 1.62. The molecule has 0 fully saturated rings. The van der Waals surface area contributed by atoms with Crippen molar-refractivity contribution in [2.24, 2.45) is 0 Å². The Morgan fingerprint density at radius 2 is 0.900 bits per heavy atom. The molecule has 20 heavy (non-hydrogen) atoms. The van der Waals surface area contributed by atoms with Crippen LogP contribution in [0.15, 0.2) is 36.8 Å². The molecule has 0 aromatic carbocycles. The molecule has 0 radical (unpaired) electrons. The Morgan fingerprint density at radius 3 is 1.05 bits per heavy atom. The summed E-state index contributed by atoms with van der Waals surface area (Å²) < 4.78 is 18.8. The minimum atomic E-state index is -2.01. The first kappa shape index (κ1) is 20.0. The van der Waals surface area contributed by atoms with Crippen molar-refractivity contribution in [2.75, 3.05) is 0 Å². The van der Waals surface area contributed by atoms with Crippen molar-refractivity contribution >= 4 is 35.2 Å².